The molecule has 2 N–H and O–H groups in total. The van der Waals surface area contributed by atoms with Crippen LogP contribution < -0.4 is 5.32 Å². The van der Waals surface area contributed by atoms with Gasteiger partial charge in [-0.25, -0.2) is 0 Å². The molecule has 108 valence electrons. The van der Waals surface area contributed by atoms with Crippen LogP contribution in [0.15, 0.2) is 0 Å². The maximum atomic E-state index is 9.74. The first-order valence-corrected chi connectivity index (χ1v) is 7.62. The van der Waals surface area contributed by atoms with Crippen molar-refractivity contribution >= 4 is 0 Å². The van der Waals surface area contributed by atoms with Crippen LogP contribution in [0.1, 0.15) is 52.9 Å². The van der Waals surface area contributed by atoms with E-state index in [1.54, 1.807) is 0 Å². The number of hydrogen-bond acceptors (Lipinski definition) is 3. The van der Waals surface area contributed by atoms with E-state index in [9.17, 15) is 5.11 Å². The number of aliphatic hydroxyl groups excluding tert-OH is 1. The third-order valence-corrected chi connectivity index (χ3v) is 3.91. The first kappa shape index (κ1) is 15.9. The second-order valence-electron chi connectivity index (χ2n) is 5.92. The van der Waals surface area contributed by atoms with Crippen LogP contribution in [0.4, 0.5) is 0 Å². The summed E-state index contributed by atoms with van der Waals surface area (Å²) in [5.41, 5.74) is -0.179. The first-order chi connectivity index (χ1) is 8.68. The van der Waals surface area contributed by atoms with Gasteiger partial charge in [-0.05, 0) is 44.1 Å². The molecule has 1 saturated carbocycles. The topological polar surface area (TPSA) is 41.5 Å². The smallest absolute Gasteiger partial charge is 0.0679 e. The Bertz CT molecular complexity index is 219. The lowest BCUT2D eigenvalue weighted by atomic mass is 9.95. The lowest BCUT2D eigenvalue weighted by Crippen LogP contribution is -2.54. The molecular weight excluding hydrogens is 226 g/mol. The van der Waals surface area contributed by atoms with Gasteiger partial charge in [-0.15, -0.1) is 0 Å². The average Bonchev–Trinajstić information content (AvgIpc) is 3.19. The molecule has 1 fully saturated rings. The average molecular weight is 257 g/mol. The Morgan fingerprint density at radius 3 is 2.56 bits per heavy atom. The van der Waals surface area contributed by atoms with E-state index in [4.69, 9.17) is 4.74 Å². The van der Waals surface area contributed by atoms with Gasteiger partial charge in [-0.2, -0.15) is 0 Å². The predicted molar refractivity (Wildman–Crippen MR) is 75.7 cm³/mol. The molecule has 1 aliphatic rings. The van der Waals surface area contributed by atoms with Gasteiger partial charge in [0, 0.05) is 6.61 Å². The maximum absolute atomic E-state index is 9.74. The first-order valence-electron chi connectivity index (χ1n) is 7.62. The van der Waals surface area contributed by atoms with Crippen molar-refractivity contribution in [2.75, 3.05) is 26.4 Å². The van der Waals surface area contributed by atoms with Gasteiger partial charge in [-0.1, -0.05) is 27.2 Å². The van der Waals surface area contributed by atoms with Crippen molar-refractivity contribution in [1.82, 2.24) is 5.32 Å². The van der Waals surface area contributed by atoms with Gasteiger partial charge >= 0.3 is 0 Å². The number of ether oxygens (including phenoxy) is 1. The Balaban J connectivity index is 2.36. The van der Waals surface area contributed by atoms with Crippen molar-refractivity contribution in [2.45, 2.75) is 58.4 Å². The van der Waals surface area contributed by atoms with Gasteiger partial charge in [0.05, 0.1) is 18.8 Å². The van der Waals surface area contributed by atoms with E-state index in [0.29, 0.717) is 18.4 Å². The molecule has 2 atom stereocenters. The van der Waals surface area contributed by atoms with Crippen molar-refractivity contribution in [1.29, 1.82) is 0 Å². The summed E-state index contributed by atoms with van der Waals surface area (Å²) in [6.07, 6.45) is 5.99. The molecule has 1 aliphatic carbocycles. The van der Waals surface area contributed by atoms with Crippen LogP contribution in [-0.4, -0.2) is 37.0 Å². The molecule has 0 heterocycles. The van der Waals surface area contributed by atoms with Gasteiger partial charge in [0.15, 0.2) is 0 Å². The van der Waals surface area contributed by atoms with Gasteiger partial charge < -0.3 is 15.2 Å². The van der Waals surface area contributed by atoms with E-state index >= 15 is 0 Å². The Hall–Kier alpha value is -0.120. The van der Waals surface area contributed by atoms with Crippen LogP contribution in [0.5, 0.6) is 0 Å². The minimum atomic E-state index is -0.179. The second kappa shape index (κ2) is 8.13. The van der Waals surface area contributed by atoms with Gasteiger partial charge in [0.25, 0.3) is 0 Å². The van der Waals surface area contributed by atoms with Crippen molar-refractivity contribution < 1.29 is 9.84 Å². The normalized spacial score (nSPS) is 20.7. The highest BCUT2D eigenvalue weighted by atomic mass is 16.5. The van der Waals surface area contributed by atoms with Gasteiger partial charge in [0.1, 0.15) is 0 Å². The number of rotatable bonds is 11. The number of aliphatic hydroxyl groups is 1. The monoisotopic (exact) mass is 257 g/mol. The minimum absolute atomic E-state index is 0.179. The molecule has 0 aromatic carbocycles. The van der Waals surface area contributed by atoms with E-state index in [1.165, 1.54) is 25.7 Å². The van der Waals surface area contributed by atoms with E-state index in [2.05, 4.69) is 26.1 Å². The molecule has 0 amide bonds. The zero-order valence-electron chi connectivity index (χ0n) is 12.4. The fourth-order valence-electron chi connectivity index (χ4n) is 2.57. The van der Waals surface area contributed by atoms with Crippen LogP contribution in [-0.2, 0) is 4.74 Å². The highest BCUT2D eigenvalue weighted by molar-refractivity contribution is 5.00. The molecule has 0 radical (unpaired) electrons. The SMILES string of the molecule is CCCNC(CO)(COCC(C)CCC)C1CC1. The molecule has 0 saturated heterocycles. The summed E-state index contributed by atoms with van der Waals surface area (Å²) in [6, 6.07) is 0. The summed E-state index contributed by atoms with van der Waals surface area (Å²) < 4.78 is 5.88. The fraction of sp³-hybridized carbons (Fsp3) is 1.00. The maximum Gasteiger partial charge on any atom is 0.0679 e. The van der Waals surface area contributed by atoms with Crippen molar-refractivity contribution in [3.8, 4) is 0 Å². The standard InChI is InChI=1S/C15H31NO2/c1-4-6-13(3)10-18-12-15(11-17,14-7-8-14)16-9-5-2/h13-14,16-17H,4-12H2,1-3H3. The van der Waals surface area contributed by atoms with Gasteiger partial charge in [-0.3, -0.25) is 0 Å². The lowest BCUT2D eigenvalue weighted by Gasteiger charge is -2.33. The lowest BCUT2D eigenvalue weighted by molar-refractivity contribution is 0.0110. The quantitative estimate of drug-likeness (QED) is 0.598. The zero-order chi connectivity index (χ0) is 13.4. The van der Waals surface area contributed by atoms with Crippen LogP contribution in [0.25, 0.3) is 0 Å². The summed E-state index contributed by atoms with van der Waals surface area (Å²) in [7, 11) is 0. The van der Waals surface area contributed by atoms with Crippen molar-refractivity contribution in [2.24, 2.45) is 11.8 Å². The third kappa shape index (κ3) is 4.87. The van der Waals surface area contributed by atoms with Gasteiger partial charge in [0.2, 0.25) is 0 Å². The van der Waals surface area contributed by atoms with Crippen molar-refractivity contribution in [3.63, 3.8) is 0 Å². The summed E-state index contributed by atoms with van der Waals surface area (Å²) in [5.74, 6) is 1.23. The van der Waals surface area contributed by atoms with E-state index in [1.807, 2.05) is 0 Å². The third-order valence-electron chi connectivity index (χ3n) is 3.91. The summed E-state index contributed by atoms with van der Waals surface area (Å²) in [5, 5.41) is 13.3. The Kier molecular flexibility index (Phi) is 7.20. The van der Waals surface area contributed by atoms with E-state index in [-0.39, 0.29) is 12.1 Å². The Morgan fingerprint density at radius 2 is 2.06 bits per heavy atom. The highest BCUT2D eigenvalue weighted by Gasteiger charge is 2.44. The minimum Gasteiger partial charge on any atom is -0.394 e. The molecule has 0 aromatic heterocycles. The number of hydrogen-bond donors (Lipinski definition) is 2. The predicted octanol–water partition coefficient (Wildman–Crippen LogP) is 2.58. The zero-order valence-corrected chi connectivity index (χ0v) is 12.4. The second-order valence-corrected chi connectivity index (χ2v) is 5.92. The van der Waals surface area contributed by atoms with E-state index in [0.717, 1.165) is 19.6 Å². The molecule has 3 heteroatoms. The molecular formula is C15H31NO2. The van der Waals surface area contributed by atoms with Crippen LogP contribution in [0.3, 0.4) is 0 Å². The largest absolute Gasteiger partial charge is 0.394 e. The molecule has 0 spiro atoms. The number of nitrogens with one attached hydrogen (secondary N) is 1. The van der Waals surface area contributed by atoms with Crippen LogP contribution in [0.2, 0.25) is 0 Å². The highest BCUT2D eigenvalue weighted by Crippen LogP contribution is 2.39. The van der Waals surface area contributed by atoms with Crippen LogP contribution in [0, 0.1) is 11.8 Å². The Labute approximate surface area is 112 Å². The Morgan fingerprint density at radius 1 is 1.33 bits per heavy atom. The molecule has 18 heavy (non-hydrogen) atoms. The molecule has 0 bridgehead atoms. The molecule has 2 unspecified atom stereocenters. The van der Waals surface area contributed by atoms with Crippen molar-refractivity contribution in [3.05, 3.63) is 0 Å². The summed E-state index contributed by atoms with van der Waals surface area (Å²) in [4.78, 5) is 0. The summed E-state index contributed by atoms with van der Waals surface area (Å²) >= 11 is 0. The molecule has 1 rings (SSSR count). The molecule has 0 aromatic rings. The fourth-order valence-corrected chi connectivity index (χ4v) is 2.57. The van der Waals surface area contributed by atoms with Crippen LogP contribution >= 0.6 is 0 Å². The van der Waals surface area contributed by atoms with E-state index < -0.39 is 0 Å². The summed E-state index contributed by atoms with van der Waals surface area (Å²) in [6.45, 7) is 9.23. The molecule has 3 nitrogen and oxygen atoms in total. The molecule has 0 aliphatic heterocycles.